The molecular weight excluding hydrogens is 302 g/mol. The zero-order chi connectivity index (χ0) is 13.2. The van der Waals surface area contributed by atoms with Gasteiger partial charge in [0.2, 0.25) is 0 Å². The van der Waals surface area contributed by atoms with Crippen LogP contribution in [0.25, 0.3) is 0 Å². The quantitative estimate of drug-likeness (QED) is 0.895. The van der Waals surface area contributed by atoms with Crippen LogP contribution in [0.3, 0.4) is 0 Å². The summed E-state index contributed by atoms with van der Waals surface area (Å²) in [6, 6.07) is 3.70. The Morgan fingerprint density at radius 1 is 1.53 bits per heavy atom. The molecule has 0 saturated heterocycles. The predicted molar refractivity (Wildman–Crippen MR) is 58.2 cm³/mol. The van der Waals surface area contributed by atoms with E-state index in [9.17, 15) is 18.7 Å². The monoisotopic (exact) mass is 310 g/mol. The fraction of sp³-hybridized carbons (Fsp3) is 0.300. The molecule has 7 heteroatoms. The summed E-state index contributed by atoms with van der Waals surface area (Å²) in [6.07, 6.45) is -2.41. The second kappa shape index (κ2) is 4.97. The number of aliphatic hydroxyl groups is 1. The maximum Gasteiger partial charge on any atom is 0.377 e. The average molecular weight is 311 g/mol. The lowest BCUT2D eigenvalue weighted by Crippen LogP contribution is -2.35. The molecule has 1 atom stereocenters. The van der Waals surface area contributed by atoms with Crippen molar-refractivity contribution < 1.29 is 28.5 Å². The summed E-state index contributed by atoms with van der Waals surface area (Å²) in [5.41, 5.74) is -0.218. The first-order valence-corrected chi connectivity index (χ1v) is 5.22. The molecular formula is C10H9BrF2O4. The van der Waals surface area contributed by atoms with Crippen LogP contribution in [0.5, 0.6) is 5.75 Å². The van der Waals surface area contributed by atoms with Gasteiger partial charge < -0.3 is 14.9 Å². The van der Waals surface area contributed by atoms with Crippen molar-refractivity contribution in [3.63, 3.8) is 0 Å². The smallest absolute Gasteiger partial charge is 0.377 e. The fourth-order valence-corrected chi connectivity index (χ4v) is 1.74. The van der Waals surface area contributed by atoms with Gasteiger partial charge in [0.1, 0.15) is 5.75 Å². The van der Waals surface area contributed by atoms with Crippen molar-refractivity contribution in [1.29, 1.82) is 0 Å². The average Bonchev–Trinajstić information content (AvgIpc) is 2.27. The van der Waals surface area contributed by atoms with Crippen molar-refractivity contribution >= 4 is 21.9 Å². The van der Waals surface area contributed by atoms with Crippen LogP contribution in [0, 0.1) is 0 Å². The lowest BCUT2D eigenvalue weighted by atomic mass is 10.0. The molecule has 1 aromatic carbocycles. The van der Waals surface area contributed by atoms with Crippen LogP contribution in [0.2, 0.25) is 0 Å². The molecule has 0 fully saturated rings. The zero-order valence-electron chi connectivity index (χ0n) is 8.65. The number of ether oxygens (including phenoxy) is 1. The van der Waals surface area contributed by atoms with Gasteiger partial charge in [-0.3, -0.25) is 0 Å². The Labute approximate surface area is 104 Å². The van der Waals surface area contributed by atoms with E-state index in [1.807, 2.05) is 0 Å². The summed E-state index contributed by atoms with van der Waals surface area (Å²) in [5, 5.41) is 17.6. The van der Waals surface area contributed by atoms with E-state index >= 15 is 0 Å². The number of aliphatic carboxylic acids is 1. The Balaban J connectivity index is 3.09. The largest absolute Gasteiger partial charge is 0.496 e. The highest BCUT2D eigenvalue weighted by Crippen LogP contribution is 2.35. The minimum absolute atomic E-state index is 0.218. The molecule has 0 amide bonds. The highest BCUT2D eigenvalue weighted by molar-refractivity contribution is 9.10. The summed E-state index contributed by atoms with van der Waals surface area (Å²) in [7, 11) is 1.39. The fourth-order valence-electron chi connectivity index (χ4n) is 1.18. The number of rotatable bonds is 4. The second-order valence-electron chi connectivity index (χ2n) is 3.22. The van der Waals surface area contributed by atoms with Gasteiger partial charge in [0.15, 0.2) is 6.10 Å². The SMILES string of the molecule is COc1ccc(C(O)C(F)(F)C(=O)O)cc1Br. The Hall–Kier alpha value is -1.21. The molecule has 94 valence electrons. The third kappa shape index (κ3) is 2.73. The van der Waals surface area contributed by atoms with Crippen molar-refractivity contribution in [3.05, 3.63) is 28.2 Å². The Bertz CT molecular complexity index is 436. The number of alkyl halides is 2. The van der Waals surface area contributed by atoms with Crippen LogP contribution in [0.15, 0.2) is 22.7 Å². The lowest BCUT2D eigenvalue weighted by molar-refractivity contribution is -0.182. The molecule has 1 unspecified atom stereocenters. The molecule has 0 aliphatic rings. The Kier molecular flexibility index (Phi) is 4.05. The first-order chi connectivity index (χ1) is 7.80. The van der Waals surface area contributed by atoms with Gasteiger partial charge in [0.05, 0.1) is 11.6 Å². The second-order valence-corrected chi connectivity index (χ2v) is 4.08. The number of carboxylic acid groups (broad SMARTS) is 1. The van der Waals surface area contributed by atoms with Gasteiger partial charge in [-0.1, -0.05) is 6.07 Å². The molecule has 0 heterocycles. The molecule has 1 aromatic rings. The van der Waals surface area contributed by atoms with Crippen molar-refractivity contribution in [3.8, 4) is 5.75 Å². The summed E-state index contributed by atoms with van der Waals surface area (Å²) in [6.45, 7) is 0. The third-order valence-electron chi connectivity index (χ3n) is 2.12. The van der Waals surface area contributed by atoms with Gasteiger partial charge in [-0.05, 0) is 33.6 Å². The molecule has 2 N–H and O–H groups in total. The van der Waals surface area contributed by atoms with Crippen molar-refractivity contribution in [1.82, 2.24) is 0 Å². The van der Waals surface area contributed by atoms with Crippen LogP contribution < -0.4 is 4.74 Å². The number of carboxylic acids is 1. The minimum atomic E-state index is -4.24. The molecule has 1 rings (SSSR count). The van der Waals surface area contributed by atoms with E-state index in [0.717, 1.165) is 0 Å². The number of halogens is 3. The first kappa shape index (κ1) is 13.9. The van der Waals surface area contributed by atoms with E-state index in [0.29, 0.717) is 10.2 Å². The zero-order valence-corrected chi connectivity index (χ0v) is 10.2. The van der Waals surface area contributed by atoms with Crippen LogP contribution in [0.1, 0.15) is 11.7 Å². The predicted octanol–water partition coefficient (Wildman–Crippen LogP) is 2.21. The number of methoxy groups -OCH3 is 1. The van der Waals surface area contributed by atoms with Gasteiger partial charge >= 0.3 is 11.9 Å². The topological polar surface area (TPSA) is 66.8 Å². The van der Waals surface area contributed by atoms with E-state index in [2.05, 4.69) is 15.9 Å². The number of hydrogen-bond donors (Lipinski definition) is 2. The van der Waals surface area contributed by atoms with Crippen molar-refractivity contribution in [2.45, 2.75) is 12.0 Å². The van der Waals surface area contributed by atoms with E-state index in [4.69, 9.17) is 9.84 Å². The number of aliphatic hydroxyl groups excluding tert-OH is 1. The minimum Gasteiger partial charge on any atom is -0.496 e. The lowest BCUT2D eigenvalue weighted by Gasteiger charge is -2.19. The molecule has 0 aliphatic heterocycles. The maximum atomic E-state index is 13.0. The number of carbonyl (C=O) groups is 1. The molecule has 0 spiro atoms. The van der Waals surface area contributed by atoms with E-state index in [1.54, 1.807) is 0 Å². The van der Waals surface area contributed by atoms with Crippen LogP contribution in [-0.2, 0) is 4.79 Å². The summed E-state index contributed by atoms with van der Waals surface area (Å²) in [5.74, 6) is -6.23. The summed E-state index contributed by atoms with van der Waals surface area (Å²) >= 11 is 3.05. The molecule has 0 saturated carbocycles. The third-order valence-corrected chi connectivity index (χ3v) is 2.74. The van der Waals surface area contributed by atoms with Gasteiger partial charge in [0, 0.05) is 0 Å². The van der Waals surface area contributed by atoms with Crippen LogP contribution in [-0.4, -0.2) is 29.2 Å². The summed E-state index contributed by atoms with van der Waals surface area (Å²) in [4.78, 5) is 10.3. The van der Waals surface area contributed by atoms with E-state index in [1.165, 1.54) is 25.3 Å². The first-order valence-electron chi connectivity index (χ1n) is 4.43. The van der Waals surface area contributed by atoms with E-state index in [-0.39, 0.29) is 5.56 Å². The number of benzene rings is 1. The number of hydrogen-bond acceptors (Lipinski definition) is 3. The van der Waals surface area contributed by atoms with Gasteiger partial charge in [-0.15, -0.1) is 0 Å². The van der Waals surface area contributed by atoms with Crippen LogP contribution >= 0.6 is 15.9 Å². The summed E-state index contributed by atoms with van der Waals surface area (Å²) < 4.78 is 31.3. The van der Waals surface area contributed by atoms with Gasteiger partial charge in [0.25, 0.3) is 0 Å². The maximum absolute atomic E-state index is 13.0. The van der Waals surface area contributed by atoms with Gasteiger partial charge in [-0.25, -0.2) is 4.79 Å². The van der Waals surface area contributed by atoms with Crippen molar-refractivity contribution in [2.75, 3.05) is 7.11 Å². The highest BCUT2D eigenvalue weighted by Gasteiger charge is 2.47. The normalized spacial score (nSPS) is 13.2. The molecule has 0 radical (unpaired) electrons. The molecule has 0 aromatic heterocycles. The molecule has 0 aliphatic carbocycles. The molecule has 0 bridgehead atoms. The molecule has 17 heavy (non-hydrogen) atoms. The van der Waals surface area contributed by atoms with Crippen LogP contribution in [0.4, 0.5) is 8.78 Å². The highest BCUT2D eigenvalue weighted by atomic mass is 79.9. The Morgan fingerprint density at radius 2 is 2.12 bits per heavy atom. The van der Waals surface area contributed by atoms with Gasteiger partial charge in [-0.2, -0.15) is 8.78 Å². The Morgan fingerprint density at radius 3 is 2.53 bits per heavy atom. The van der Waals surface area contributed by atoms with E-state index < -0.39 is 18.0 Å². The molecule has 4 nitrogen and oxygen atoms in total. The standard InChI is InChI=1S/C10H9BrF2O4/c1-17-7-3-2-5(4-6(7)11)8(14)10(12,13)9(15)16/h2-4,8,14H,1H3,(H,15,16). The van der Waals surface area contributed by atoms with Crippen molar-refractivity contribution in [2.24, 2.45) is 0 Å².